The van der Waals surface area contributed by atoms with Crippen molar-refractivity contribution < 1.29 is 9.59 Å². The normalized spacial score (nSPS) is 17.3. The van der Waals surface area contributed by atoms with Crippen molar-refractivity contribution in [2.45, 2.75) is 18.9 Å². The third-order valence-corrected chi connectivity index (χ3v) is 4.98. The topological polar surface area (TPSA) is 91.6 Å². The number of urea groups is 1. The van der Waals surface area contributed by atoms with Gasteiger partial charge in [0.15, 0.2) is 11.3 Å². The molecule has 2 fully saturated rings. The van der Waals surface area contributed by atoms with Crippen LogP contribution in [0.2, 0.25) is 0 Å². The second-order valence-electron chi connectivity index (χ2n) is 7.17. The summed E-state index contributed by atoms with van der Waals surface area (Å²) < 4.78 is 1.61. The first-order valence-corrected chi connectivity index (χ1v) is 9.10. The van der Waals surface area contributed by atoms with Crippen molar-refractivity contribution in [1.82, 2.24) is 29.2 Å². The molecule has 3 amide bonds. The zero-order valence-electron chi connectivity index (χ0n) is 15.5. The number of pyridine rings is 1. The minimum Gasteiger partial charge on any atom is -0.334 e. The van der Waals surface area contributed by atoms with E-state index < -0.39 is 0 Å². The van der Waals surface area contributed by atoms with Crippen LogP contribution in [0.25, 0.3) is 11.2 Å². The van der Waals surface area contributed by atoms with Gasteiger partial charge in [-0.2, -0.15) is 0 Å². The molecule has 0 atom stereocenters. The second kappa shape index (κ2) is 6.64. The van der Waals surface area contributed by atoms with Gasteiger partial charge in [-0.25, -0.2) is 14.8 Å². The highest BCUT2D eigenvalue weighted by molar-refractivity contribution is 5.93. The van der Waals surface area contributed by atoms with Crippen LogP contribution in [0, 0.1) is 0 Å². The van der Waals surface area contributed by atoms with E-state index in [-0.39, 0.29) is 29.2 Å². The Bertz CT molecular complexity index is 957. The number of carbonyl (C=O) groups is 2. The average Bonchev–Trinajstić information content (AvgIpc) is 3.51. The van der Waals surface area contributed by atoms with E-state index in [4.69, 9.17) is 0 Å². The van der Waals surface area contributed by atoms with Crippen LogP contribution in [0.15, 0.2) is 23.1 Å². The lowest BCUT2D eigenvalue weighted by Gasteiger charge is -2.35. The maximum absolute atomic E-state index is 13.0. The molecular weight excluding hydrogens is 348 g/mol. The summed E-state index contributed by atoms with van der Waals surface area (Å²) in [4.78, 5) is 51.4. The highest BCUT2D eigenvalue weighted by atomic mass is 16.2. The first-order chi connectivity index (χ1) is 13.0. The van der Waals surface area contributed by atoms with Crippen LogP contribution in [0.1, 0.15) is 29.4 Å². The van der Waals surface area contributed by atoms with Gasteiger partial charge in [-0.05, 0) is 25.0 Å². The van der Waals surface area contributed by atoms with Crippen molar-refractivity contribution in [2.24, 2.45) is 0 Å². The Balaban J connectivity index is 1.62. The Morgan fingerprint density at radius 3 is 2.41 bits per heavy atom. The van der Waals surface area contributed by atoms with Crippen LogP contribution in [0.5, 0.6) is 0 Å². The minimum absolute atomic E-state index is 0.0604. The molecule has 0 bridgehead atoms. The average molecular weight is 370 g/mol. The Labute approximate surface area is 156 Å². The lowest BCUT2D eigenvalue weighted by atomic mass is 10.2. The SMILES string of the molecule is CN(C)C(=O)N1CCN(C(=O)c2nc3cccnc3n(C3CC3)c2=O)CC1. The molecule has 2 aromatic heterocycles. The highest BCUT2D eigenvalue weighted by Gasteiger charge is 2.32. The van der Waals surface area contributed by atoms with Gasteiger partial charge in [-0.3, -0.25) is 14.2 Å². The van der Waals surface area contributed by atoms with E-state index in [9.17, 15) is 14.4 Å². The molecule has 0 N–H and O–H groups in total. The molecule has 1 saturated carbocycles. The van der Waals surface area contributed by atoms with Gasteiger partial charge in [0.05, 0.1) is 0 Å². The Kier molecular flexibility index (Phi) is 4.29. The van der Waals surface area contributed by atoms with Gasteiger partial charge in [0.25, 0.3) is 11.5 Å². The van der Waals surface area contributed by atoms with Crippen molar-refractivity contribution in [2.75, 3.05) is 40.3 Å². The number of aromatic nitrogens is 3. The largest absolute Gasteiger partial charge is 0.334 e. The van der Waals surface area contributed by atoms with Gasteiger partial charge in [0, 0.05) is 52.5 Å². The summed E-state index contributed by atoms with van der Waals surface area (Å²) in [5.74, 6) is -0.378. The van der Waals surface area contributed by atoms with Crippen molar-refractivity contribution >= 4 is 23.1 Å². The Morgan fingerprint density at radius 1 is 1.11 bits per heavy atom. The highest BCUT2D eigenvalue weighted by Crippen LogP contribution is 2.35. The summed E-state index contributed by atoms with van der Waals surface area (Å²) in [6, 6.07) is 3.54. The number of piperazine rings is 1. The number of rotatable bonds is 2. The molecule has 0 radical (unpaired) electrons. The fourth-order valence-corrected chi connectivity index (χ4v) is 3.38. The van der Waals surface area contributed by atoms with E-state index in [1.165, 1.54) is 4.90 Å². The number of amides is 3. The number of nitrogens with zero attached hydrogens (tertiary/aromatic N) is 6. The maximum atomic E-state index is 13.0. The molecule has 1 aliphatic heterocycles. The summed E-state index contributed by atoms with van der Waals surface area (Å²) in [7, 11) is 3.40. The Hall–Kier alpha value is -2.97. The maximum Gasteiger partial charge on any atom is 0.319 e. The fourth-order valence-electron chi connectivity index (χ4n) is 3.38. The van der Waals surface area contributed by atoms with Gasteiger partial charge in [0.1, 0.15) is 5.52 Å². The van der Waals surface area contributed by atoms with Crippen LogP contribution >= 0.6 is 0 Å². The first-order valence-electron chi connectivity index (χ1n) is 9.10. The minimum atomic E-state index is -0.378. The molecule has 0 unspecified atom stereocenters. The van der Waals surface area contributed by atoms with Gasteiger partial charge >= 0.3 is 6.03 Å². The molecule has 27 heavy (non-hydrogen) atoms. The standard InChI is InChI=1S/C18H22N6O3/c1-21(2)18(27)23-10-8-22(9-11-23)16(25)14-17(26)24(12-5-6-12)15-13(20-14)4-3-7-19-15/h3-4,7,12H,5-6,8-11H2,1-2H3. The quantitative estimate of drug-likeness (QED) is 0.771. The fraction of sp³-hybridized carbons (Fsp3) is 0.500. The van der Waals surface area contributed by atoms with E-state index in [1.54, 1.807) is 46.8 Å². The van der Waals surface area contributed by atoms with E-state index in [2.05, 4.69) is 9.97 Å². The molecule has 3 heterocycles. The molecule has 0 spiro atoms. The zero-order valence-corrected chi connectivity index (χ0v) is 15.5. The van der Waals surface area contributed by atoms with Crippen molar-refractivity contribution in [1.29, 1.82) is 0 Å². The molecular formula is C18H22N6O3. The van der Waals surface area contributed by atoms with Gasteiger partial charge in [-0.1, -0.05) is 0 Å². The van der Waals surface area contributed by atoms with Crippen molar-refractivity contribution in [3.63, 3.8) is 0 Å². The lowest BCUT2D eigenvalue weighted by molar-refractivity contribution is 0.0642. The molecule has 0 aromatic carbocycles. The molecule has 4 rings (SSSR count). The third-order valence-electron chi connectivity index (χ3n) is 4.98. The first kappa shape index (κ1) is 17.4. The molecule has 142 valence electrons. The zero-order chi connectivity index (χ0) is 19.1. The van der Waals surface area contributed by atoms with E-state index in [0.717, 1.165) is 12.8 Å². The summed E-state index contributed by atoms with van der Waals surface area (Å²) in [6.45, 7) is 1.64. The third kappa shape index (κ3) is 3.13. The molecule has 9 heteroatoms. The van der Waals surface area contributed by atoms with Crippen LogP contribution in [0.3, 0.4) is 0 Å². The van der Waals surface area contributed by atoms with E-state index in [0.29, 0.717) is 37.3 Å². The predicted octanol–water partition coefficient (Wildman–Crippen LogP) is 0.566. The van der Waals surface area contributed by atoms with Gasteiger partial charge in [-0.15, -0.1) is 0 Å². The summed E-state index contributed by atoms with van der Waals surface area (Å²) in [5.41, 5.74) is 0.645. The lowest BCUT2D eigenvalue weighted by Crippen LogP contribution is -2.53. The van der Waals surface area contributed by atoms with Crippen LogP contribution in [-0.4, -0.2) is 81.4 Å². The van der Waals surface area contributed by atoms with Crippen molar-refractivity contribution in [3.05, 3.63) is 34.4 Å². The van der Waals surface area contributed by atoms with Gasteiger partial charge < -0.3 is 14.7 Å². The number of hydrogen-bond acceptors (Lipinski definition) is 5. The summed E-state index contributed by atoms with van der Waals surface area (Å²) >= 11 is 0. The van der Waals surface area contributed by atoms with E-state index >= 15 is 0 Å². The van der Waals surface area contributed by atoms with Crippen LogP contribution < -0.4 is 5.56 Å². The van der Waals surface area contributed by atoms with Gasteiger partial charge in [0.2, 0.25) is 0 Å². The monoisotopic (exact) mass is 370 g/mol. The summed E-state index contributed by atoms with van der Waals surface area (Å²) in [6.07, 6.45) is 3.45. The summed E-state index contributed by atoms with van der Waals surface area (Å²) in [5, 5.41) is 0. The molecule has 9 nitrogen and oxygen atoms in total. The number of fused-ring (bicyclic) bond motifs is 1. The smallest absolute Gasteiger partial charge is 0.319 e. The molecule has 1 aliphatic carbocycles. The molecule has 1 saturated heterocycles. The van der Waals surface area contributed by atoms with E-state index in [1.807, 2.05) is 0 Å². The van der Waals surface area contributed by atoms with Crippen LogP contribution in [0.4, 0.5) is 4.79 Å². The Morgan fingerprint density at radius 2 is 1.78 bits per heavy atom. The molecule has 2 aliphatic rings. The molecule has 2 aromatic rings. The predicted molar refractivity (Wildman–Crippen MR) is 98.6 cm³/mol. The van der Waals surface area contributed by atoms with Crippen LogP contribution in [-0.2, 0) is 0 Å². The van der Waals surface area contributed by atoms with Crippen molar-refractivity contribution in [3.8, 4) is 0 Å². The second-order valence-corrected chi connectivity index (χ2v) is 7.17. The number of carbonyl (C=O) groups excluding carboxylic acids is 2. The number of hydrogen-bond donors (Lipinski definition) is 0.